The lowest BCUT2D eigenvalue weighted by molar-refractivity contribution is 0.190. The van der Waals surface area contributed by atoms with Crippen molar-refractivity contribution in [2.24, 2.45) is 0 Å². The van der Waals surface area contributed by atoms with Crippen LogP contribution in [0.4, 0.5) is 0 Å². The first kappa shape index (κ1) is 13.9. The lowest BCUT2D eigenvalue weighted by Gasteiger charge is -2.17. The zero-order valence-electron chi connectivity index (χ0n) is 10.8. The Balaban J connectivity index is 2.43. The summed E-state index contributed by atoms with van der Waals surface area (Å²) in [5.41, 5.74) is 0.640. The molecular formula is C15H15BrO3. The van der Waals surface area contributed by atoms with Crippen LogP contribution in [0.25, 0.3) is 0 Å². The molecule has 0 aromatic heterocycles. The fourth-order valence-electron chi connectivity index (χ4n) is 1.85. The minimum absolute atomic E-state index is 0.584. The van der Waals surface area contributed by atoms with Gasteiger partial charge >= 0.3 is 0 Å². The largest absolute Gasteiger partial charge is 0.496 e. The minimum atomic E-state index is -0.673. The van der Waals surface area contributed by atoms with Gasteiger partial charge in [0.25, 0.3) is 0 Å². The maximum absolute atomic E-state index is 9.89. The fourth-order valence-corrected chi connectivity index (χ4v) is 2.21. The molecule has 2 aromatic carbocycles. The summed E-state index contributed by atoms with van der Waals surface area (Å²) in [6, 6.07) is 13.0. The molecule has 0 saturated carbocycles. The van der Waals surface area contributed by atoms with Gasteiger partial charge in [-0.2, -0.15) is 0 Å². The highest BCUT2D eigenvalue weighted by Crippen LogP contribution is 2.38. The second kappa shape index (κ2) is 6.08. The van der Waals surface area contributed by atoms with Gasteiger partial charge < -0.3 is 14.6 Å². The van der Waals surface area contributed by atoms with Crippen molar-refractivity contribution in [3.05, 3.63) is 52.5 Å². The number of hydrogen-bond acceptors (Lipinski definition) is 3. The monoisotopic (exact) mass is 322 g/mol. The fraction of sp³-hybridized carbons (Fsp3) is 0.200. The average Bonchev–Trinajstić information content (AvgIpc) is 2.40. The van der Waals surface area contributed by atoms with Crippen LogP contribution in [0.2, 0.25) is 0 Å². The standard InChI is InChI=1S/C15H15BrO3/c1-10(17)15-13(18-2)8-5-9-14(15)19-12-7-4-3-6-11(12)16/h3-10,17H,1-2H3/t10-/m1/s1. The van der Waals surface area contributed by atoms with E-state index < -0.39 is 6.10 Å². The number of rotatable bonds is 4. The van der Waals surface area contributed by atoms with E-state index in [4.69, 9.17) is 9.47 Å². The molecular weight excluding hydrogens is 308 g/mol. The molecule has 0 amide bonds. The second-order valence-corrected chi connectivity index (χ2v) is 4.93. The third-order valence-corrected chi connectivity index (χ3v) is 3.38. The predicted octanol–water partition coefficient (Wildman–Crippen LogP) is 4.30. The highest BCUT2D eigenvalue weighted by atomic mass is 79.9. The summed E-state index contributed by atoms with van der Waals surface area (Å²) >= 11 is 3.43. The number of hydrogen-bond donors (Lipinski definition) is 1. The molecule has 0 fully saturated rings. The highest BCUT2D eigenvalue weighted by Gasteiger charge is 2.16. The Labute approximate surface area is 120 Å². The van der Waals surface area contributed by atoms with Crippen LogP contribution in [0, 0.1) is 0 Å². The third-order valence-electron chi connectivity index (χ3n) is 2.72. The van der Waals surface area contributed by atoms with E-state index in [1.807, 2.05) is 36.4 Å². The number of methoxy groups -OCH3 is 1. The summed E-state index contributed by atoms with van der Waals surface area (Å²) in [4.78, 5) is 0. The van der Waals surface area contributed by atoms with Crippen molar-refractivity contribution >= 4 is 15.9 Å². The number of halogens is 1. The number of benzene rings is 2. The van der Waals surface area contributed by atoms with Gasteiger partial charge in [0.2, 0.25) is 0 Å². The molecule has 0 aliphatic heterocycles. The summed E-state index contributed by atoms with van der Waals surface area (Å²) in [5, 5.41) is 9.89. The van der Waals surface area contributed by atoms with Crippen molar-refractivity contribution < 1.29 is 14.6 Å². The molecule has 3 nitrogen and oxygen atoms in total. The first-order chi connectivity index (χ1) is 9.13. The Morgan fingerprint density at radius 2 is 1.63 bits per heavy atom. The molecule has 0 aliphatic rings. The molecule has 19 heavy (non-hydrogen) atoms. The Morgan fingerprint density at radius 1 is 1.00 bits per heavy atom. The number of aliphatic hydroxyl groups is 1. The maximum atomic E-state index is 9.89. The topological polar surface area (TPSA) is 38.7 Å². The molecule has 0 heterocycles. The quantitative estimate of drug-likeness (QED) is 0.911. The molecule has 1 atom stereocenters. The third kappa shape index (κ3) is 3.08. The molecule has 0 saturated heterocycles. The van der Waals surface area contributed by atoms with E-state index >= 15 is 0 Å². The van der Waals surface area contributed by atoms with E-state index in [1.54, 1.807) is 20.1 Å². The summed E-state index contributed by atoms with van der Waals surface area (Å²) in [7, 11) is 1.57. The predicted molar refractivity (Wildman–Crippen MR) is 77.8 cm³/mol. The van der Waals surface area contributed by atoms with Gasteiger partial charge in [0.15, 0.2) is 0 Å². The van der Waals surface area contributed by atoms with Gasteiger partial charge in [-0.25, -0.2) is 0 Å². The average molecular weight is 323 g/mol. The smallest absolute Gasteiger partial charge is 0.141 e. The van der Waals surface area contributed by atoms with Crippen LogP contribution in [-0.4, -0.2) is 12.2 Å². The van der Waals surface area contributed by atoms with Crippen LogP contribution in [0.15, 0.2) is 46.9 Å². The molecule has 0 aliphatic carbocycles. The van der Waals surface area contributed by atoms with Gasteiger partial charge in [-0.3, -0.25) is 0 Å². The number of para-hydroxylation sites is 1. The van der Waals surface area contributed by atoms with Crippen LogP contribution in [0.5, 0.6) is 17.2 Å². The van der Waals surface area contributed by atoms with Crippen molar-refractivity contribution in [1.82, 2.24) is 0 Å². The molecule has 0 spiro atoms. The van der Waals surface area contributed by atoms with E-state index in [1.165, 1.54) is 0 Å². The minimum Gasteiger partial charge on any atom is -0.496 e. The molecule has 1 N–H and O–H groups in total. The van der Waals surface area contributed by atoms with Crippen LogP contribution in [0.3, 0.4) is 0 Å². The van der Waals surface area contributed by atoms with Crippen LogP contribution < -0.4 is 9.47 Å². The van der Waals surface area contributed by atoms with Crippen LogP contribution >= 0.6 is 15.9 Å². The Morgan fingerprint density at radius 3 is 2.26 bits per heavy atom. The van der Waals surface area contributed by atoms with E-state index in [0.29, 0.717) is 22.8 Å². The molecule has 0 bridgehead atoms. The zero-order chi connectivity index (χ0) is 13.8. The van der Waals surface area contributed by atoms with Crippen molar-refractivity contribution in [1.29, 1.82) is 0 Å². The molecule has 100 valence electrons. The highest BCUT2D eigenvalue weighted by molar-refractivity contribution is 9.10. The van der Waals surface area contributed by atoms with Gasteiger partial charge in [-0.1, -0.05) is 18.2 Å². The molecule has 4 heteroatoms. The molecule has 2 rings (SSSR count). The second-order valence-electron chi connectivity index (χ2n) is 4.08. The van der Waals surface area contributed by atoms with Gasteiger partial charge in [0, 0.05) is 0 Å². The van der Waals surface area contributed by atoms with Crippen molar-refractivity contribution in [3.63, 3.8) is 0 Å². The van der Waals surface area contributed by atoms with E-state index in [2.05, 4.69) is 15.9 Å². The number of ether oxygens (including phenoxy) is 2. The van der Waals surface area contributed by atoms with Gasteiger partial charge in [0.1, 0.15) is 17.2 Å². The van der Waals surface area contributed by atoms with E-state index in [-0.39, 0.29) is 0 Å². The van der Waals surface area contributed by atoms with E-state index in [0.717, 1.165) is 4.47 Å². The SMILES string of the molecule is COc1cccc(Oc2ccccc2Br)c1[C@@H](C)O. The first-order valence-electron chi connectivity index (χ1n) is 5.91. The molecule has 2 aromatic rings. The summed E-state index contributed by atoms with van der Waals surface area (Å²) in [6.07, 6.45) is -0.673. The van der Waals surface area contributed by atoms with Crippen LogP contribution in [-0.2, 0) is 0 Å². The van der Waals surface area contributed by atoms with Crippen molar-refractivity contribution in [2.75, 3.05) is 7.11 Å². The Kier molecular flexibility index (Phi) is 4.45. The summed E-state index contributed by atoms with van der Waals surface area (Å²) in [6.45, 7) is 1.69. The Hall–Kier alpha value is -1.52. The van der Waals surface area contributed by atoms with Crippen molar-refractivity contribution in [3.8, 4) is 17.2 Å². The zero-order valence-corrected chi connectivity index (χ0v) is 12.3. The summed E-state index contributed by atoms with van der Waals surface area (Å²) in [5.74, 6) is 1.89. The van der Waals surface area contributed by atoms with Crippen LogP contribution in [0.1, 0.15) is 18.6 Å². The van der Waals surface area contributed by atoms with Gasteiger partial charge in [-0.15, -0.1) is 0 Å². The normalized spacial score (nSPS) is 12.0. The first-order valence-corrected chi connectivity index (χ1v) is 6.70. The molecule has 0 radical (unpaired) electrons. The Bertz CT molecular complexity index is 567. The van der Waals surface area contributed by atoms with Gasteiger partial charge in [0.05, 0.1) is 23.2 Å². The van der Waals surface area contributed by atoms with E-state index in [9.17, 15) is 5.11 Å². The van der Waals surface area contributed by atoms with Gasteiger partial charge in [-0.05, 0) is 47.1 Å². The van der Waals surface area contributed by atoms with Crippen molar-refractivity contribution in [2.45, 2.75) is 13.0 Å². The number of aliphatic hydroxyl groups excluding tert-OH is 1. The lowest BCUT2D eigenvalue weighted by atomic mass is 10.1. The lowest BCUT2D eigenvalue weighted by Crippen LogP contribution is -2.00. The maximum Gasteiger partial charge on any atom is 0.141 e. The molecule has 0 unspecified atom stereocenters. The summed E-state index contributed by atoms with van der Waals surface area (Å²) < 4.78 is 12.0.